The van der Waals surface area contributed by atoms with Crippen LogP contribution in [0.5, 0.6) is 0 Å². The van der Waals surface area contributed by atoms with Crippen molar-refractivity contribution in [3.05, 3.63) is 72.8 Å². The minimum absolute atomic E-state index is 0.0247. The Morgan fingerprint density at radius 1 is 1.17 bits per heavy atom. The molecule has 0 bridgehead atoms. The maximum atomic E-state index is 12.1. The molecule has 3 rings (SSSR count). The molecule has 1 aromatic heterocycles. The zero-order valence-electron chi connectivity index (χ0n) is 13.3. The first-order chi connectivity index (χ1) is 11.7. The molecule has 0 saturated heterocycles. The second-order valence-corrected chi connectivity index (χ2v) is 6.37. The van der Waals surface area contributed by atoms with Crippen LogP contribution >= 0.6 is 11.8 Å². The Balaban J connectivity index is 1.54. The Bertz CT molecular complexity index is 773. The molecule has 0 aliphatic heterocycles. The molecule has 6 heteroatoms. The van der Waals surface area contributed by atoms with Gasteiger partial charge in [-0.3, -0.25) is 4.79 Å². The van der Waals surface area contributed by atoms with Gasteiger partial charge in [0.05, 0.1) is 17.5 Å². The minimum atomic E-state index is -0.0429. The molecule has 24 heavy (non-hydrogen) atoms. The lowest BCUT2D eigenvalue weighted by molar-refractivity contribution is -0.119. The van der Waals surface area contributed by atoms with Crippen molar-refractivity contribution in [3.63, 3.8) is 0 Å². The molecule has 0 fully saturated rings. The number of carbonyl (C=O) groups excluding carboxylic acids is 1. The van der Waals surface area contributed by atoms with E-state index < -0.39 is 0 Å². The van der Waals surface area contributed by atoms with E-state index in [1.165, 1.54) is 18.1 Å². The number of benzene rings is 2. The van der Waals surface area contributed by atoms with Crippen LogP contribution in [0.1, 0.15) is 18.5 Å². The fourth-order valence-corrected chi connectivity index (χ4v) is 3.02. The molecule has 1 N–H and O–H groups in total. The monoisotopic (exact) mass is 338 g/mol. The van der Waals surface area contributed by atoms with Gasteiger partial charge in [-0.2, -0.15) is 5.10 Å². The molecular weight excluding hydrogens is 320 g/mol. The first kappa shape index (κ1) is 16.3. The topological polar surface area (TPSA) is 59.8 Å². The van der Waals surface area contributed by atoms with Gasteiger partial charge in [-0.05, 0) is 36.8 Å². The molecule has 1 heterocycles. The smallest absolute Gasteiger partial charge is 0.230 e. The molecule has 0 aliphatic rings. The molecule has 0 aliphatic carbocycles. The van der Waals surface area contributed by atoms with Crippen molar-refractivity contribution in [2.45, 2.75) is 17.9 Å². The van der Waals surface area contributed by atoms with Gasteiger partial charge >= 0.3 is 0 Å². The van der Waals surface area contributed by atoms with Gasteiger partial charge in [0, 0.05) is 4.90 Å². The summed E-state index contributed by atoms with van der Waals surface area (Å²) in [5.41, 5.74) is 1.99. The summed E-state index contributed by atoms with van der Waals surface area (Å²) in [6.45, 7) is 1.98. The van der Waals surface area contributed by atoms with Crippen molar-refractivity contribution in [2.24, 2.45) is 0 Å². The average molecular weight is 338 g/mol. The lowest BCUT2D eigenvalue weighted by Crippen LogP contribution is -2.28. The van der Waals surface area contributed by atoms with Gasteiger partial charge in [-0.1, -0.05) is 30.3 Å². The lowest BCUT2D eigenvalue weighted by atomic mass is 10.1. The third kappa shape index (κ3) is 4.23. The SMILES string of the molecule is CC(NC(=O)CSc1ccccc1)c1ccc(-n2cncn2)cc1. The van der Waals surface area contributed by atoms with Crippen molar-refractivity contribution in [1.82, 2.24) is 20.1 Å². The van der Waals surface area contributed by atoms with E-state index >= 15 is 0 Å². The van der Waals surface area contributed by atoms with Gasteiger partial charge in [0.1, 0.15) is 12.7 Å². The summed E-state index contributed by atoms with van der Waals surface area (Å²) in [5.74, 6) is 0.433. The quantitative estimate of drug-likeness (QED) is 0.701. The lowest BCUT2D eigenvalue weighted by Gasteiger charge is -2.15. The first-order valence-corrected chi connectivity index (χ1v) is 8.63. The normalized spacial score (nSPS) is 11.9. The molecule has 5 nitrogen and oxygen atoms in total. The van der Waals surface area contributed by atoms with Crippen molar-refractivity contribution < 1.29 is 4.79 Å². The number of amides is 1. The van der Waals surface area contributed by atoms with Crippen LogP contribution < -0.4 is 5.32 Å². The number of rotatable bonds is 6. The number of nitrogens with zero attached hydrogens (tertiary/aromatic N) is 3. The summed E-state index contributed by atoms with van der Waals surface area (Å²) < 4.78 is 1.70. The van der Waals surface area contributed by atoms with Gasteiger partial charge in [0.25, 0.3) is 0 Å². The van der Waals surface area contributed by atoms with Crippen LogP contribution in [-0.2, 0) is 4.79 Å². The summed E-state index contributed by atoms with van der Waals surface area (Å²) in [6, 6.07) is 17.8. The van der Waals surface area contributed by atoms with E-state index in [-0.39, 0.29) is 11.9 Å². The highest BCUT2D eigenvalue weighted by molar-refractivity contribution is 8.00. The summed E-state index contributed by atoms with van der Waals surface area (Å²) in [4.78, 5) is 17.1. The Morgan fingerprint density at radius 3 is 2.58 bits per heavy atom. The van der Waals surface area contributed by atoms with Crippen LogP contribution in [0.15, 0.2) is 72.1 Å². The predicted molar refractivity (Wildman–Crippen MR) is 95.1 cm³/mol. The maximum absolute atomic E-state index is 12.1. The molecule has 1 atom stereocenters. The van der Waals surface area contributed by atoms with Crippen molar-refractivity contribution in [1.29, 1.82) is 0 Å². The number of hydrogen-bond donors (Lipinski definition) is 1. The number of carbonyl (C=O) groups is 1. The van der Waals surface area contributed by atoms with E-state index in [1.54, 1.807) is 11.0 Å². The highest BCUT2D eigenvalue weighted by Gasteiger charge is 2.10. The van der Waals surface area contributed by atoms with Crippen LogP contribution in [0.25, 0.3) is 5.69 Å². The van der Waals surface area contributed by atoms with E-state index in [0.717, 1.165) is 16.1 Å². The van der Waals surface area contributed by atoms with Crippen LogP contribution in [0, 0.1) is 0 Å². The van der Waals surface area contributed by atoms with Crippen molar-refractivity contribution >= 4 is 17.7 Å². The first-order valence-electron chi connectivity index (χ1n) is 7.64. The average Bonchev–Trinajstić information content (AvgIpc) is 3.16. The molecule has 0 saturated carbocycles. The third-order valence-corrected chi connectivity index (χ3v) is 4.58. The van der Waals surface area contributed by atoms with Gasteiger partial charge in [0.15, 0.2) is 0 Å². The van der Waals surface area contributed by atoms with Crippen molar-refractivity contribution in [3.8, 4) is 5.69 Å². The summed E-state index contributed by atoms with van der Waals surface area (Å²) in [6.07, 6.45) is 3.15. The largest absolute Gasteiger partial charge is 0.349 e. The zero-order chi connectivity index (χ0) is 16.8. The number of thioether (sulfide) groups is 1. The molecular formula is C18H18N4OS. The highest BCUT2D eigenvalue weighted by atomic mass is 32.2. The van der Waals surface area contributed by atoms with E-state index in [0.29, 0.717) is 5.75 Å². The Morgan fingerprint density at radius 2 is 1.92 bits per heavy atom. The van der Waals surface area contributed by atoms with Gasteiger partial charge < -0.3 is 5.32 Å². The van der Waals surface area contributed by atoms with E-state index in [9.17, 15) is 4.79 Å². The van der Waals surface area contributed by atoms with Crippen LogP contribution in [0.2, 0.25) is 0 Å². The molecule has 0 radical (unpaired) electrons. The molecule has 0 spiro atoms. The summed E-state index contributed by atoms with van der Waals surface area (Å²) >= 11 is 1.54. The van der Waals surface area contributed by atoms with E-state index in [2.05, 4.69) is 15.4 Å². The fourth-order valence-electron chi connectivity index (χ4n) is 2.29. The molecule has 1 amide bonds. The number of nitrogens with one attached hydrogen (secondary N) is 1. The number of hydrogen-bond acceptors (Lipinski definition) is 4. The van der Waals surface area contributed by atoms with E-state index in [4.69, 9.17) is 0 Å². The van der Waals surface area contributed by atoms with Gasteiger partial charge in [-0.25, -0.2) is 9.67 Å². The van der Waals surface area contributed by atoms with Crippen LogP contribution in [0.3, 0.4) is 0 Å². The minimum Gasteiger partial charge on any atom is -0.349 e. The second-order valence-electron chi connectivity index (χ2n) is 5.32. The second kappa shape index (κ2) is 7.79. The molecule has 2 aromatic carbocycles. The Kier molecular flexibility index (Phi) is 5.28. The zero-order valence-corrected chi connectivity index (χ0v) is 14.1. The standard InChI is InChI=1S/C18H18N4OS/c1-14(21-18(23)11-24-17-5-3-2-4-6-17)15-7-9-16(10-8-15)22-13-19-12-20-22/h2-10,12-14H,11H2,1H3,(H,21,23). The number of aromatic nitrogens is 3. The Labute approximate surface area is 145 Å². The molecule has 3 aromatic rings. The summed E-state index contributed by atoms with van der Waals surface area (Å²) in [5, 5.41) is 7.12. The van der Waals surface area contributed by atoms with Crippen molar-refractivity contribution in [2.75, 3.05) is 5.75 Å². The van der Waals surface area contributed by atoms with E-state index in [1.807, 2.05) is 61.5 Å². The van der Waals surface area contributed by atoms with Gasteiger partial charge in [-0.15, -0.1) is 11.8 Å². The van der Waals surface area contributed by atoms with Gasteiger partial charge in [0.2, 0.25) is 5.91 Å². The Hall–Kier alpha value is -2.60. The summed E-state index contributed by atoms with van der Waals surface area (Å²) in [7, 11) is 0. The molecule has 122 valence electrons. The fraction of sp³-hybridized carbons (Fsp3) is 0.167. The maximum Gasteiger partial charge on any atom is 0.230 e. The molecule has 1 unspecified atom stereocenters. The predicted octanol–water partition coefficient (Wildman–Crippen LogP) is 3.24. The van der Waals surface area contributed by atoms with Crippen LogP contribution in [0.4, 0.5) is 0 Å². The third-order valence-electron chi connectivity index (χ3n) is 3.57. The highest BCUT2D eigenvalue weighted by Crippen LogP contribution is 2.18. The van der Waals surface area contributed by atoms with Crippen LogP contribution in [-0.4, -0.2) is 26.4 Å².